The van der Waals surface area contributed by atoms with Gasteiger partial charge in [0.25, 0.3) is 0 Å². The molecule has 2 rings (SSSR count). The van der Waals surface area contributed by atoms with Gasteiger partial charge < -0.3 is 5.32 Å². The van der Waals surface area contributed by atoms with Gasteiger partial charge in [0.15, 0.2) is 9.84 Å². The fraction of sp³-hybridized carbons (Fsp3) is 0.625. The normalized spacial score (nSPS) is 23.1. The van der Waals surface area contributed by atoms with Crippen LogP contribution in [0.2, 0.25) is 0 Å². The van der Waals surface area contributed by atoms with Gasteiger partial charge in [-0.05, 0) is 17.9 Å². The summed E-state index contributed by atoms with van der Waals surface area (Å²) >= 11 is 0. The number of sulfone groups is 1. The molecule has 1 heterocycles. The summed E-state index contributed by atoms with van der Waals surface area (Å²) in [6.45, 7) is 4.41. The lowest BCUT2D eigenvalue weighted by Crippen LogP contribution is -2.37. The van der Waals surface area contributed by atoms with Gasteiger partial charge in [0.05, 0.1) is 11.5 Å². The van der Waals surface area contributed by atoms with E-state index in [0.29, 0.717) is 11.7 Å². The number of hydrogen-bond acceptors (Lipinski definition) is 3. The molecule has 0 saturated carbocycles. The first kappa shape index (κ1) is 15.5. The topological polar surface area (TPSA) is 46.2 Å². The smallest absolute Gasteiger partial charge is 0.151 e. The Morgan fingerprint density at radius 1 is 1.20 bits per heavy atom. The van der Waals surface area contributed by atoms with Crippen molar-refractivity contribution in [3.8, 4) is 0 Å². The molecule has 2 unspecified atom stereocenters. The molecular formula is C16H25NO2S. The Kier molecular flexibility index (Phi) is 5.22. The summed E-state index contributed by atoms with van der Waals surface area (Å²) in [5, 5.41) is 3.61. The van der Waals surface area contributed by atoms with E-state index < -0.39 is 9.84 Å². The molecule has 0 aliphatic carbocycles. The summed E-state index contributed by atoms with van der Waals surface area (Å²) in [4.78, 5) is 0. The fourth-order valence-electron chi connectivity index (χ4n) is 3.11. The minimum Gasteiger partial charge on any atom is -0.306 e. The first-order valence-corrected chi connectivity index (χ1v) is 9.39. The zero-order chi connectivity index (χ0) is 14.6. The Labute approximate surface area is 122 Å². The van der Waals surface area contributed by atoms with Crippen molar-refractivity contribution in [2.24, 2.45) is 5.92 Å². The highest BCUT2D eigenvalue weighted by molar-refractivity contribution is 7.91. The van der Waals surface area contributed by atoms with Crippen molar-refractivity contribution in [1.29, 1.82) is 0 Å². The van der Waals surface area contributed by atoms with Crippen LogP contribution in [-0.4, -0.2) is 26.0 Å². The lowest BCUT2D eigenvalue weighted by atomic mass is 9.88. The van der Waals surface area contributed by atoms with E-state index in [9.17, 15) is 8.42 Å². The first-order valence-electron chi connectivity index (χ1n) is 7.57. The van der Waals surface area contributed by atoms with Crippen LogP contribution in [0, 0.1) is 5.92 Å². The van der Waals surface area contributed by atoms with Gasteiger partial charge in [-0.15, -0.1) is 0 Å². The van der Waals surface area contributed by atoms with E-state index in [-0.39, 0.29) is 17.8 Å². The molecule has 4 heteroatoms. The minimum atomic E-state index is -2.82. The van der Waals surface area contributed by atoms with Crippen molar-refractivity contribution in [2.45, 2.75) is 45.2 Å². The van der Waals surface area contributed by atoms with Crippen molar-refractivity contribution < 1.29 is 8.42 Å². The molecule has 0 aromatic heterocycles. The summed E-state index contributed by atoms with van der Waals surface area (Å²) in [6, 6.07) is 10.8. The number of rotatable bonds is 6. The molecule has 20 heavy (non-hydrogen) atoms. The van der Waals surface area contributed by atoms with Gasteiger partial charge in [-0.3, -0.25) is 0 Å². The molecule has 0 radical (unpaired) electrons. The molecule has 1 aromatic carbocycles. The second-order valence-electron chi connectivity index (χ2n) is 5.73. The fourth-order valence-corrected chi connectivity index (χ4v) is 4.79. The SMILES string of the molecule is CCC(CC)C(NC1CCS(=O)(=O)C1)c1ccccc1. The van der Waals surface area contributed by atoms with Crippen molar-refractivity contribution in [2.75, 3.05) is 11.5 Å². The summed E-state index contributed by atoms with van der Waals surface area (Å²) in [7, 11) is -2.82. The average Bonchev–Trinajstić information content (AvgIpc) is 2.79. The van der Waals surface area contributed by atoms with Crippen LogP contribution in [0.25, 0.3) is 0 Å². The third kappa shape index (κ3) is 3.83. The highest BCUT2D eigenvalue weighted by Crippen LogP contribution is 2.29. The van der Waals surface area contributed by atoms with Crippen molar-refractivity contribution in [3.05, 3.63) is 35.9 Å². The maximum atomic E-state index is 11.6. The van der Waals surface area contributed by atoms with Crippen LogP contribution >= 0.6 is 0 Å². The molecule has 112 valence electrons. The molecule has 3 nitrogen and oxygen atoms in total. The van der Waals surface area contributed by atoms with E-state index in [4.69, 9.17) is 0 Å². The van der Waals surface area contributed by atoms with Crippen LogP contribution in [0.4, 0.5) is 0 Å². The van der Waals surface area contributed by atoms with Crippen LogP contribution in [0.5, 0.6) is 0 Å². The lowest BCUT2D eigenvalue weighted by Gasteiger charge is -2.29. The van der Waals surface area contributed by atoms with Crippen LogP contribution in [0.3, 0.4) is 0 Å². The van der Waals surface area contributed by atoms with Crippen LogP contribution < -0.4 is 5.32 Å². The van der Waals surface area contributed by atoms with Gasteiger partial charge in [0.1, 0.15) is 0 Å². The van der Waals surface area contributed by atoms with E-state index in [0.717, 1.165) is 19.3 Å². The predicted molar refractivity (Wildman–Crippen MR) is 83.4 cm³/mol. The van der Waals surface area contributed by atoms with E-state index in [2.05, 4.69) is 43.4 Å². The Balaban J connectivity index is 2.15. The van der Waals surface area contributed by atoms with Crippen molar-refractivity contribution in [3.63, 3.8) is 0 Å². The average molecular weight is 295 g/mol. The van der Waals surface area contributed by atoms with Gasteiger partial charge in [-0.2, -0.15) is 0 Å². The van der Waals surface area contributed by atoms with Crippen LogP contribution in [0.1, 0.15) is 44.7 Å². The van der Waals surface area contributed by atoms with Gasteiger partial charge in [-0.25, -0.2) is 8.42 Å². The summed E-state index contributed by atoms with van der Waals surface area (Å²) in [5.74, 6) is 1.16. The molecule has 0 spiro atoms. The summed E-state index contributed by atoms with van der Waals surface area (Å²) in [6.07, 6.45) is 2.94. The highest BCUT2D eigenvalue weighted by atomic mass is 32.2. The Bertz CT molecular complexity index is 509. The molecule has 1 N–H and O–H groups in total. The van der Waals surface area contributed by atoms with E-state index in [1.807, 2.05) is 6.07 Å². The third-order valence-corrected chi connectivity index (χ3v) is 6.09. The molecular weight excluding hydrogens is 270 g/mol. The second-order valence-corrected chi connectivity index (χ2v) is 7.96. The number of benzene rings is 1. The quantitative estimate of drug-likeness (QED) is 0.877. The molecule has 1 aliphatic heterocycles. The summed E-state index contributed by atoms with van der Waals surface area (Å²) in [5.41, 5.74) is 1.27. The zero-order valence-electron chi connectivity index (χ0n) is 12.4. The van der Waals surface area contributed by atoms with Gasteiger partial charge in [0, 0.05) is 12.1 Å². The molecule has 2 atom stereocenters. The molecule has 1 saturated heterocycles. The molecule has 1 fully saturated rings. The highest BCUT2D eigenvalue weighted by Gasteiger charge is 2.31. The second kappa shape index (κ2) is 6.72. The van der Waals surface area contributed by atoms with E-state index in [1.165, 1.54) is 5.56 Å². The van der Waals surface area contributed by atoms with Gasteiger partial charge in [-0.1, -0.05) is 57.0 Å². The molecule has 1 aliphatic rings. The maximum absolute atomic E-state index is 11.6. The van der Waals surface area contributed by atoms with Crippen molar-refractivity contribution in [1.82, 2.24) is 5.32 Å². The minimum absolute atomic E-state index is 0.103. The maximum Gasteiger partial charge on any atom is 0.151 e. The number of hydrogen-bond donors (Lipinski definition) is 1. The standard InChI is InChI=1S/C16H25NO2S/c1-3-13(4-2)16(14-8-6-5-7-9-14)17-15-10-11-20(18,19)12-15/h5-9,13,15-17H,3-4,10-12H2,1-2H3. The molecule has 1 aromatic rings. The van der Waals surface area contributed by atoms with Crippen LogP contribution in [0.15, 0.2) is 30.3 Å². The van der Waals surface area contributed by atoms with E-state index in [1.54, 1.807) is 0 Å². The van der Waals surface area contributed by atoms with Gasteiger partial charge in [0.2, 0.25) is 0 Å². The largest absolute Gasteiger partial charge is 0.306 e. The Morgan fingerprint density at radius 2 is 1.85 bits per heavy atom. The predicted octanol–water partition coefficient (Wildman–Crippen LogP) is 2.94. The number of nitrogens with one attached hydrogen (secondary N) is 1. The zero-order valence-corrected chi connectivity index (χ0v) is 13.2. The summed E-state index contributed by atoms with van der Waals surface area (Å²) < 4.78 is 23.3. The Hall–Kier alpha value is -0.870. The monoisotopic (exact) mass is 295 g/mol. The first-order chi connectivity index (χ1) is 9.55. The third-order valence-electron chi connectivity index (χ3n) is 4.33. The van der Waals surface area contributed by atoms with Crippen LogP contribution in [-0.2, 0) is 9.84 Å². The van der Waals surface area contributed by atoms with Crippen molar-refractivity contribution >= 4 is 9.84 Å². The lowest BCUT2D eigenvalue weighted by molar-refractivity contribution is 0.316. The van der Waals surface area contributed by atoms with E-state index >= 15 is 0 Å². The molecule has 0 bridgehead atoms. The molecule has 0 amide bonds. The Morgan fingerprint density at radius 3 is 2.35 bits per heavy atom. The van der Waals surface area contributed by atoms with Gasteiger partial charge >= 0.3 is 0 Å².